The topological polar surface area (TPSA) is 175 Å². The van der Waals surface area contributed by atoms with Gasteiger partial charge in [-0.2, -0.15) is 5.26 Å². The average Bonchev–Trinajstić information content (AvgIpc) is 3.51. The molecule has 14 heteroatoms. The molecule has 8 aliphatic rings. The van der Waals surface area contributed by atoms with Gasteiger partial charge in [0.15, 0.2) is 40.0 Å². The van der Waals surface area contributed by atoms with E-state index in [1.54, 1.807) is 19.1 Å². The lowest BCUT2D eigenvalue weighted by atomic mass is 9.76. The van der Waals surface area contributed by atoms with E-state index >= 15 is 0 Å². The molecule has 3 aromatic rings. The molecule has 8 heterocycles. The first kappa shape index (κ1) is 32.4. The molecule has 0 radical (unpaired) electrons. The van der Waals surface area contributed by atoms with E-state index in [0.717, 1.165) is 16.7 Å². The first-order valence-electron chi connectivity index (χ1n) is 17.0. The number of esters is 1. The summed E-state index contributed by atoms with van der Waals surface area (Å²) in [5.74, 6) is 1.24. The lowest BCUT2D eigenvalue weighted by Gasteiger charge is -2.58. The van der Waals surface area contributed by atoms with Crippen LogP contribution in [0.5, 0.6) is 40.2 Å². The fraction of sp³-hybridized carbons (Fsp3) is 0.459. The van der Waals surface area contributed by atoms with Crippen LogP contribution >= 0.6 is 11.8 Å². The zero-order valence-electron chi connectivity index (χ0n) is 28.6. The maximum atomic E-state index is 14.6. The number of nitrogens with one attached hydrogen (secondary N) is 2. The van der Waals surface area contributed by atoms with Crippen molar-refractivity contribution in [2.75, 3.05) is 46.5 Å². The molecule has 266 valence electrons. The Morgan fingerprint density at radius 3 is 2.59 bits per heavy atom. The van der Waals surface area contributed by atoms with Gasteiger partial charge in [0.25, 0.3) is 0 Å². The summed E-state index contributed by atoms with van der Waals surface area (Å²) in [7, 11) is 2.99. The van der Waals surface area contributed by atoms with Crippen LogP contribution in [0.4, 0.5) is 0 Å². The van der Waals surface area contributed by atoms with Crippen LogP contribution in [-0.4, -0.2) is 84.2 Å². The van der Waals surface area contributed by atoms with E-state index in [1.165, 1.54) is 26.0 Å². The van der Waals surface area contributed by atoms with Crippen LogP contribution in [0.15, 0.2) is 18.2 Å². The van der Waals surface area contributed by atoms with Crippen molar-refractivity contribution in [1.82, 2.24) is 15.5 Å². The number of methoxy groups -OCH3 is 2. The summed E-state index contributed by atoms with van der Waals surface area (Å²) in [4.78, 5) is 16.8. The third-order valence-corrected chi connectivity index (χ3v) is 13.3. The van der Waals surface area contributed by atoms with Gasteiger partial charge in [0, 0.05) is 53.6 Å². The summed E-state index contributed by atoms with van der Waals surface area (Å²) in [6.07, 6.45) is 0.864. The number of ether oxygens (including phenoxy) is 5. The minimum Gasteiger partial charge on any atom is -0.507 e. The van der Waals surface area contributed by atoms with Crippen molar-refractivity contribution in [3.8, 4) is 46.3 Å². The molecule has 1 spiro atoms. The SMILES string of the molecule is COc1cc2c(cc1O)CCN[C@]21CS[C@@H]2c3c(O)c(C)c4c(c3[C@H](COC1=O)N1C2[C@@H]2NC[C@@]1(C#N)Cc1cc(C)c(OC)c(O)c12)OCO4. The Labute approximate surface area is 298 Å². The summed E-state index contributed by atoms with van der Waals surface area (Å²) >= 11 is 1.47. The highest BCUT2D eigenvalue weighted by atomic mass is 32.2. The standard InChI is InChI=1S/C37H38N4O9S/c1-16-7-19-10-36(12-38)13-39-27(24(19)30(44)31(16)47-4)28-34-26-25(33-32(49-15-50-33)17(2)29(26)43)21(41(28)36)11-48-35(45)37(14-51-34)20-9-23(46-3)22(42)8-18(20)5-6-40-37/h7-9,21,27-28,34,39-40,42-44H,5-6,10-11,13-15H2,1-4H3/t21-,27+,28?,34+,36-,37+/m0/s1. The number of benzene rings is 3. The van der Waals surface area contributed by atoms with Crippen LogP contribution in [-0.2, 0) is 27.9 Å². The van der Waals surface area contributed by atoms with Crippen molar-refractivity contribution in [2.45, 2.75) is 61.1 Å². The fourth-order valence-corrected chi connectivity index (χ4v) is 11.3. The third-order valence-electron chi connectivity index (χ3n) is 11.8. The second-order valence-electron chi connectivity index (χ2n) is 14.2. The molecule has 3 aromatic carbocycles. The monoisotopic (exact) mass is 714 g/mol. The number of aryl methyl sites for hydroxylation is 1. The number of nitrogens with zero attached hydrogens (tertiary/aromatic N) is 2. The Balaban J connectivity index is 1.31. The van der Waals surface area contributed by atoms with Gasteiger partial charge in [0.2, 0.25) is 6.79 Å². The fourth-order valence-electron chi connectivity index (χ4n) is 9.60. The van der Waals surface area contributed by atoms with Gasteiger partial charge < -0.3 is 44.3 Å². The molecule has 5 N–H and O–H groups in total. The number of hydrogen-bond acceptors (Lipinski definition) is 14. The number of carbonyl (C=O) groups is 1. The Kier molecular flexibility index (Phi) is 7.12. The Bertz CT molecular complexity index is 2090. The first-order chi connectivity index (χ1) is 24.6. The van der Waals surface area contributed by atoms with Crippen molar-refractivity contribution in [1.29, 1.82) is 5.26 Å². The van der Waals surface area contributed by atoms with Gasteiger partial charge in [-0.05, 0) is 54.7 Å². The van der Waals surface area contributed by atoms with Gasteiger partial charge in [-0.25, -0.2) is 4.79 Å². The summed E-state index contributed by atoms with van der Waals surface area (Å²) in [6.45, 7) is 4.20. The smallest absolute Gasteiger partial charge is 0.331 e. The molecule has 8 aliphatic heterocycles. The number of piperazine rings is 1. The van der Waals surface area contributed by atoms with Crippen LogP contribution in [0, 0.1) is 25.2 Å². The van der Waals surface area contributed by atoms with E-state index in [4.69, 9.17) is 23.7 Å². The number of phenolic OH excluding ortho intramolecular Hbond substituents is 3. The van der Waals surface area contributed by atoms with E-state index in [2.05, 4.69) is 21.6 Å². The largest absolute Gasteiger partial charge is 0.507 e. The van der Waals surface area contributed by atoms with Crippen molar-refractivity contribution in [3.63, 3.8) is 0 Å². The maximum absolute atomic E-state index is 14.6. The second kappa shape index (κ2) is 11.2. The first-order valence-corrected chi connectivity index (χ1v) is 18.1. The van der Waals surface area contributed by atoms with Crippen LogP contribution in [0.3, 0.4) is 0 Å². The number of nitriles is 1. The molecule has 2 saturated heterocycles. The normalized spacial score (nSPS) is 31.0. The van der Waals surface area contributed by atoms with E-state index in [9.17, 15) is 25.4 Å². The predicted octanol–water partition coefficient (Wildman–Crippen LogP) is 3.43. The molecule has 4 bridgehead atoms. The van der Waals surface area contributed by atoms with Gasteiger partial charge >= 0.3 is 5.97 Å². The van der Waals surface area contributed by atoms with Crippen LogP contribution in [0.2, 0.25) is 0 Å². The molecule has 51 heavy (non-hydrogen) atoms. The van der Waals surface area contributed by atoms with Gasteiger partial charge in [0.1, 0.15) is 17.9 Å². The van der Waals surface area contributed by atoms with Gasteiger partial charge in [-0.1, -0.05) is 6.07 Å². The number of fused-ring (bicyclic) bond motifs is 6. The number of thioether (sulfide) groups is 1. The van der Waals surface area contributed by atoms with Gasteiger partial charge in [-0.3, -0.25) is 10.2 Å². The molecular weight excluding hydrogens is 676 g/mol. The van der Waals surface area contributed by atoms with Gasteiger partial charge in [-0.15, -0.1) is 11.8 Å². The van der Waals surface area contributed by atoms with Gasteiger partial charge in [0.05, 0.1) is 37.6 Å². The zero-order chi connectivity index (χ0) is 35.6. The molecule has 0 aliphatic carbocycles. The molecule has 7 atom stereocenters. The number of aromatic hydroxyl groups is 3. The lowest BCUT2D eigenvalue weighted by molar-refractivity contribution is -0.156. The molecule has 13 nitrogen and oxygen atoms in total. The molecule has 2 unspecified atom stereocenters. The predicted molar refractivity (Wildman–Crippen MR) is 184 cm³/mol. The maximum Gasteiger partial charge on any atom is 0.331 e. The minimum atomic E-state index is -1.33. The summed E-state index contributed by atoms with van der Waals surface area (Å²) in [5, 5.41) is 52.5. The number of carbonyl (C=O) groups excluding carboxylic acids is 1. The van der Waals surface area contributed by atoms with Crippen molar-refractivity contribution in [3.05, 3.63) is 62.7 Å². The molecule has 2 fully saturated rings. The molecule has 0 saturated carbocycles. The minimum absolute atomic E-state index is 0.0132. The van der Waals surface area contributed by atoms with E-state index in [0.29, 0.717) is 58.0 Å². The summed E-state index contributed by atoms with van der Waals surface area (Å²) in [5.41, 5.74) is 3.01. The van der Waals surface area contributed by atoms with E-state index in [1.807, 2.05) is 13.0 Å². The number of phenols is 3. The Morgan fingerprint density at radius 2 is 1.82 bits per heavy atom. The molecule has 0 aromatic heterocycles. The Morgan fingerprint density at radius 1 is 1.02 bits per heavy atom. The molecular formula is C37H38N4O9S. The van der Waals surface area contributed by atoms with E-state index < -0.39 is 40.4 Å². The highest BCUT2D eigenvalue weighted by Gasteiger charge is 2.63. The number of hydrogen-bond donors (Lipinski definition) is 5. The van der Waals surface area contributed by atoms with Crippen molar-refractivity contribution in [2.24, 2.45) is 0 Å². The van der Waals surface area contributed by atoms with E-state index in [-0.39, 0.29) is 55.1 Å². The molecule has 0 amide bonds. The Hall–Kier alpha value is -4.55. The summed E-state index contributed by atoms with van der Waals surface area (Å²) < 4.78 is 29.6. The van der Waals surface area contributed by atoms with Crippen molar-refractivity contribution >= 4 is 17.7 Å². The highest BCUT2D eigenvalue weighted by molar-refractivity contribution is 7.99. The second-order valence-corrected chi connectivity index (χ2v) is 15.3. The summed E-state index contributed by atoms with van der Waals surface area (Å²) in [6, 6.07) is 6.23. The van der Waals surface area contributed by atoms with Crippen molar-refractivity contribution < 1.29 is 43.8 Å². The third kappa shape index (κ3) is 4.17. The highest BCUT2D eigenvalue weighted by Crippen LogP contribution is 2.64. The molecule has 11 rings (SSSR count). The van der Waals surface area contributed by atoms with Crippen LogP contribution in [0.25, 0.3) is 0 Å². The number of rotatable bonds is 2. The zero-order valence-corrected chi connectivity index (χ0v) is 29.4. The average molecular weight is 715 g/mol. The van der Waals surface area contributed by atoms with Crippen LogP contribution in [0.1, 0.15) is 61.8 Å². The quantitative estimate of drug-likeness (QED) is 0.244. The lowest BCUT2D eigenvalue weighted by Crippen LogP contribution is -2.69. The van der Waals surface area contributed by atoms with Crippen LogP contribution < -0.4 is 29.6 Å².